The van der Waals surface area contributed by atoms with Crippen molar-refractivity contribution in [2.24, 2.45) is 5.92 Å². The highest BCUT2D eigenvalue weighted by Gasteiger charge is 2.38. The molecule has 1 amide bonds. The standard InChI is InChI=1S/C23H30N4O2/c1-16(2)15-19-25-20-18(9-12-24-22(20)28)21(26-19)27-13-10-23(29-3,11-14-27)17-7-5-4-6-8-17/h4-8,16H,9-15H2,1-3H3,(H,24,28). The van der Waals surface area contributed by atoms with Gasteiger partial charge >= 0.3 is 0 Å². The smallest absolute Gasteiger partial charge is 0.270 e. The molecule has 0 atom stereocenters. The van der Waals surface area contributed by atoms with Crippen molar-refractivity contribution in [3.8, 4) is 0 Å². The molecule has 1 fully saturated rings. The van der Waals surface area contributed by atoms with Crippen LogP contribution in [0.2, 0.25) is 0 Å². The van der Waals surface area contributed by atoms with Gasteiger partial charge in [0.05, 0.1) is 5.60 Å². The lowest BCUT2D eigenvalue weighted by atomic mass is 9.84. The lowest BCUT2D eigenvalue weighted by molar-refractivity contribution is -0.0347. The number of amides is 1. The molecule has 29 heavy (non-hydrogen) atoms. The van der Waals surface area contributed by atoms with Crippen molar-refractivity contribution in [3.05, 3.63) is 53.0 Å². The minimum absolute atomic E-state index is 0.0764. The summed E-state index contributed by atoms with van der Waals surface area (Å²) < 4.78 is 6.03. The summed E-state index contributed by atoms with van der Waals surface area (Å²) in [5.41, 5.74) is 2.52. The molecule has 3 heterocycles. The average molecular weight is 395 g/mol. The lowest BCUT2D eigenvalue weighted by Gasteiger charge is -2.42. The number of anilines is 1. The molecule has 2 aliphatic heterocycles. The molecule has 0 unspecified atom stereocenters. The number of methoxy groups -OCH3 is 1. The molecule has 0 saturated carbocycles. The Kier molecular flexibility index (Phi) is 5.54. The Morgan fingerprint density at radius 2 is 1.90 bits per heavy atom. The number of rotatable bonds is 5. The molecule has 2 aliphatic rings. The second-order valence-corrected chi connectivity index (χ2v) is 8.45. The summed E-state index contributed by atoms with van der Waals surface area (Å²) in [6, 6.07) is 10.5. The minimum atomic E-state index is -0.261. The van der Waals surface area contributed by atoms with Crippen LogP contribution >= 0.6 is 0 Å². The first kappa shape index (κ1) is 19.8. The summed E-state index contributed by atoms with van der Waals surface area (Å²) in [6.45, 7) is 6.63. The summed E-state index contributed by atoms with van der Waals surface area (Å²) in [5, 5.41) is 2.92. The van der Waals surface area contributed by atoms with E-state index in [1.807, 2.05) is 6.07 Å². The lowest BCUT2D eigenvalue weighted by Crippen LogP contribution is -2.45. The fourth-order valence-corrected chi connectivity index (χ4v) is 4.47. The molecule has 1 N–H and O–H groups in total. The van der Waals surface area contributed by atoms with E-state index in [1.165, 1.54) is 5.56 Å². The van der Waals surface area contributed by atoms with E-state index in [2.05, 4.69) is 53.3 Å². The van der Waals surface area contributed by atoms with Gasteiger partial charge in [0.1, 0.15) is 17.3 Å². The Balaban J connectivity index is 1.64. The van der Waals surface area contributed by atoms with Crippen LogP contribution in [0.25, 0.3) is 0 Å². The predicted octanol–water partition coefficient (Wildman–Crippen LogP) is 3.10. The highest BCUT2D eigenvalue weighted by Crippen LogP contribution is 2.38. The molecule has 4 rings (SSSR count). The quantitative estimate of drug-likeness (QED) is 0.844. The number of carbonyl (C=O) groups excluding carboxylic acids is 1. The van der Waals surface area contributed by atoms with Crippen molar-refractivity contribution in [1.29, 1.82) is 0 Å². The number of aromatic nitrogens is 2. The Morgan fingerprint density at radius 3 is 2.55 bits per heavy atom. The highest BCUT2D eigenvalue weighted by molar-refractivity contribution is 5.96. The van der Waals surface area contributed by atoms with E-state index < -0.39 is 0 Å². The third kappa shape index (κ3) is 3.86. The van der Waals surface area contributed by atoms with E-state index in [0.29, 0.717) is 18.2 Å². The summed E-state index contributed by atoms with van der Waals surface area (Å²) in [6.07, 6.45) is 3.33. The fraction of sp³-hybridized carbons (Fsp3) is 0.522. The molecular weight excluding hydrogens is 364 g/mol. The maximum Gasteiger partial charge on any atom is 0.270 e. The van der Waals surface area contributed by atoms with Gasteiger partial charge in [-0.3, -0.25) is 4.79 Å². The molecule has 0 bridgehead atoms. The Bertz CT molecular complexity index is 874. The van der Waals surface area contributed by atoms with E-state index in [-0.39, 0.29) is 11.5 Å². The van der Waals surface area contributed by atoms with Crippen LogP contribution in [-0.2, 0) is 23.2 Å². The summed E-state index contributed by atoms with van der Waals surface area (Å²) >= 11 is 0. The molecule has 6 heteroatoms. The van der Waals surface area contributed by atoms with Crippen molar-refractivity contribution in [2.45, 2.75) is 45.1 Å². The molecule has 0 aliphatic carbocycles. The molecule has 154 valence electrons. The maximum atomic E-state index is 12.5. The monoisotopic (exact) mass is 394 g/mol. The Morgan fingerprint density at radius 1 is 1.17 bits per heavy atom. The maximum absolute atomic E-state index is 12.5. The van der Waals surface area contributed by atoms with Crippen LogP contribution in [0.3, 0.4) is 0 Å². The van der Waals surface area contributed by atoms with Gasteiger partial charge in [-0.2, -0.15) is 0 Å². The SMILES string of the molecule is COC1(c2ccccc2)CCN(c2nc(CC(C)C)nc3c2CCNC3=O)CC1. The van der Waals surface area contributed by atoms with Crippen molar-refractivity contribution < 1.29 is 9.53 Å². The van der Waals surface area contributed by atoms with Gasteiger partial charge in [0.25, 0.3) is 5.91 Å². The normalized spacial score (nSPS) is 18.5. The number of piperidine rings is 1. The molecule has 1 saturated heterocycles. The number of ether oxygens (including phenoxy) is 1. The molecule has 2 aromatic rings. The number of hydrogen-bond donors (Lipinski definition) is 1. The number of nitrogens with zero attached hydrogens (tertiary/aromatic N) is 3. The third-order valence-electron chi connectivity index (χ3n) is 6.06. The first-order valence-corrected chi connectivity index (χ1v) is 10.6. The predicted molar refractivity (Wildman–Crippen MR) is 113 cm³/mol. The van der Waals surface area contributed by atoms with Gasteiger partial charge in [-0.25, -0.2) is 9.97 Å². The molecule has 6 nitrogen and oxygen atoms in total. The summed E-state index contributed by atoms with van der Waals surface area (Å²) in [5.74, 6) is 2.07. The van der Waals surface area contributed by atoms with Gasteiger partial charge < -0.3 is 15.0 Å². The number of benzene rings is 1. The molecule has 1 aromatic heterocycles. The zero-order chi connectivity index (χ0) is 20.4. The number of nitrogens with one attached hydrogen (secondary N) is 1. The van der Waals surface area contributed by atoms with Crippen molar-refractivity contribution in [2.75, 3.05) is 31.6 Å². The van der Waals surface area contributed by atoms with Crippen LogP contribution < -0.4 is 10.2 Å². The van der Waals surface area contributed by atoms with Crippen LogP contribution in [0, 0.1) is 5.92 Å². The average Bonchev–Trinajstić information content (AvgIpc) is 2.74. The number of fused-ring (bicyclic) bond motifs is 1. The van der Waals surface area contributed by atoms with Crippen molar-refractivity contribution in [3.63, 3.8) is 0 Å². The van der Waals surface area contributed by atoms with Gasteiger partial charge in [0, 0.05) is 38.7 Å². The van der Waals surface area contributed by atoms with E-state index in [1.54, 1.807) is 7.11 Å². The van der Waals surface area contributed by atoms with Crippen molar-refractivity contribution >= 4 is 11.7 Å². The highest BCUT2D eigenvalue weighted by atomic mass is 16.5. The van der Waals surface area contributed by atoms with Gasteiger partial charge in [0.15, 0.2) is 0 Å². The Hall–Kier alpha value is -2.47. The second kappa shape index (κ2) is 8.11. The molecule has 1 aromatic carbocycles. The zero-order valence-corrected chi connectivity index (χ0v) is 17.6. The van der Waals surface area contributed by atoms with Gasteiger partial charge in [-0.1, -0.05) is 44.2 Å². The third-order valence-corrected chi connectivity index (χ3v) is 6.06. The summed E-state index contributed by atoms with van der Waals surface area (Å²) in [7, 11) is 1.81. The first-order chi connectivity index (χ1) is 14.0. The number of carbonyl (C=O) groups is 1. The fourth-order valence-electron chi connectivity index (χ4n) is 4.47. The van der Waals surface area contributed by atoms with Crippen LogP contribution in [0.15, 0.2) is 30.3 Å². The molecule has 0 radical (unpaired) electrons. The first-order valence-electron chi connectivity index (χ1n) is 10.6. The topological polar surface area (TPSA) is 67.3 Å². The van der Waals surface area contributed by atoms with E-state index >= 15 is 0 Å². The van der Waals surface area contributed by atoms with Crippen LogP contribution in [0.5, 0.6) is 0 Å². The van der Waals surface area contributed by atoms with Crippen LogP contribution in [-0.4, -0.2) is 42.6 Å². The van der Waals surface area contributed by atoms with Gasteiger partial charge in [-0.15, -0.1) is 0 Å². The zero-order valence-electron chi connectivity index (χ0n) is 17.6. The van der Waals surface area contributed by atoms with Crippen LogP contribution in [0.1, 0.15) is 54.1 Å². The van der Waals surface area contributed by atoms with E-state index in [9.17, 15) is 4.79 Å². The second-order valence-electron chi connectivity index (χ2n) is 8.45. The molecule has 0 spiro atoms. The minimum Gasteiger partial charge on any atom is -0.373 e. The summed E-state index contributed by atoms with van der Waals surface area (Å²) in [4.78, 5) is 24.3. The van der Waals surface area contributed by atoms with E-state index in [4.69, 9.17) is 9.72 Å². The molecular formula is C23H30N4O2. The van der Waals surface area contributed by atoms with E-state index in [0.717, 1.165) is 56.0 Å². The van der Waals surface area contributed by atoms with Crippen LogP contribution in [0.4, 0.5) is 5.82 Å². The van der Waals surface area contributed by atoms with Gasteiger partial charge in [0.2, 0.25) is 0 Å². The Labute approximate surface area is 172 Å². The van der Waals surface area contributed by atoms with Gasteiger partial charge in [-0.05, 0) is 30.7 Å². The van der Waals surface area contributed by atoms with Crippen molar-refractivity contribution in [1.82, 2.24) is 15.3 Å². The largest absolute Gasteiger partial charge is 0.373 e. The number of hydrogen-bond acceptors (Lipinski definition) is 5.